The number of aryl methyl sites for hydroxylation is 1. The smallest absolute Gasteiger partial charge is 0.375 e. The number of hydrogen-bond donors (Lipinski definition) is 1. The second-order valence-corrected chi connectivity index (χ2v) is 13.0. The van der Waals surface area contributed by atoms with Gasteiger partial charge in [0.1, 0.15) is 18.4 Å². The molecule has 2 saturated heterocycles. The number of Topliss-reactive ketones (excluding diaryl/α,β-unsaturated/α-hetero) is 1. The number of nitriles is 1. The van der Waals surface area contributed by atoms with Crippen LogP contribution in [0.15, 0.2) is 6.07 Å². The predicted octanol–water partition coefficient (Wildman–Crippen LogP) is 3.19. The molecule has 0 aliphatic carbocycles. The maximum absolute atomic E-state index is 13.0. The summed E-state index contributed by atoms with van der Waals surface area (Å²) in [4.78, 5) is 42.6. The van der Waals surface area contributed by atoms with Gasteiger partial charge in [0.15, 0.2) is 23.0 Å². The number of thioether (sulfide) groups is 1. The van der Waals surface area contributed by atoms with Crippen molar-refractivity contribution in [2.75, 3.05) is 32.8 Å². The largest absolute Gasteiger partial charge is 0.504 e. The molecule has 45 heavy (non-hydrogen) atoms. The number of carbonyl (C=O) groups is 3. The van der Waals surface area contributed by atoms with Crippen LogP contribution in [0.25, 0.3) is 0 Å². The van der Waals surface area contributed by atoms with Gasteiger partial charge in [0.05, 0.1) is 36.3 Å². The van der Waals surface area contributed by atoms with E-state index in [1.807, 2.05) is 19.9 Å². The molecule has 4 bridgehead atoms. The van der Waals surface area contributed by atoms with Crippen molar-refractivity contribution in [1.29, 1.82) is 5.26 Å². The van der Waals surface area contributed by atoms with Gasteiger partial charge in [0, 0.05) is 41.3 Å². The third-order valence-electron chi connectivity index (χ3n) is 9.73. The number of aromatic hydroxyl groups is 1. The Hall–Kier alpha value is -3.99. The van der Waals surface area contributed by atoms with E-state index in [4.69, 9.17) is 23.7 Å². The normalized spacial score (nSPS) is 28.4. The molecule has 0 spiro atoms. The molecular formula is C32H33N3O9S. The lowest BCUT2D eigenvalue weighted by atomic mass is 9.71. The number of rotatable bonds is 3. The maximum atomic E-state index is 13.0. The van der Waals surface area contributed by atoms with Crippen LogP contribution in [0.4, 0.5) is 0 Å². The number of nitrogens with zero attached hydrogens (tertiary/aromatic N) is 3. The number of likely N-dealkylation sites (N-methyl/N-ethyl adjacent to an activating group) is 1. The first-order valence-corrected chi connectivity index (χ1v) is 16.0. The summed E-state index contributed by atoms with van der Waals surface area (Å²) in [6.07, 6.45) is 0.499. The second-order valence-electron chi connectivity index (χ2n) is 11.9. The number of benzene rings is 2. The number of piperazine rings is 1. The summed E-state index contributed by atoms with van der Waals surface area (Å²) in [6.45, 7) is 7.28. The summed E-state index contributed by atoms with van der Waals surface area (Å²) in [6, 6.07) is 1.90. The Morgan fingerprint density at radius 2 is 1.91 bits per heavy atom. The molecule has 5 aliphatic rings. The minimum Gasteiger partial charge on any atom is -0.504 e. The minimum atomic E-state index is -0.946. The number of carbonyl (C=O) groups excluding carboxylic acids is 3. The van der Waals surface area contributed by atoms with Crippen LogP contribution >= 0.6 is 11.8 Å². The number of ether oxygens (including phenoxy) is 5. The van der Waals surface area contributed by atoms with Gasteiger partial charge in [0.2, 0.25) is 12.6 Å². The number of hydrogen-bond acceptors (Lipinski definition) is 13. The van der Waals surface area contributed by atoms with Gasteiger partial charge in [-0.05, 0) is 37.9 Å². The topological polar surface area (TPSA) is 148 Å². The zero-order valence-electron chi connectivity index (χ0n) is 25.5. The Kier molecular flexibility index (Phi) is 7.14. The lowest BCUT2D eigenvalue weighted by Crippen LogP contribution is -2.70. The first kappa shape index (κ1) is 29.7. The highest BCUT2D eigenvalue weighted by molar-refractivity contribution is 8.00. The van der Waals surface area contributed by atoms with E-state index < -0.39 is 47.1 Å². The molecule has 5 heterocycles. The monoisotopic (exact) mass is 635 g/mol. The number of phenolic OH excluding ortho intramolecular Hbond substituents is 1. The molecule has 2 aromatic carbocycles. The van der Waals surface area contributed by atoms with Crippen LogP contribution in [0.3, 0.4) is 0 Å². The minimum absolute atomic E-state index is 0.0347. The van der Waals surface area contributed by atoms with Gasteiger partial charge in [-0.1, -0.05) is 13.0 Å². The van der Waals surface area contributed by atoms with E-state index in [1.165, 1.54) is 25.8 Å². The zero-order valence-corrected chi connectivity index (χ0v) is 26.4. The van der Waals surface area contributed by atoms with E-state index in [1.54, 1.807) is 6.92 Å². The van der Waals surface area contributed by atoms with Gasteiger partial charge in [-0.25, -0.2) is 4.79 Å². The predicted molar refractivity (Wildman–Crippen MR) is 160 cm³/mol. The number of methoxy groups -OCH3 is 1. The van der Waals surface area contributed by atoms with Gasteiger partial charge in [-0.15, -0.1) is 11.8 Å². The van der Waals surface area contributed by atoms with Crippen LogP contribution < -0.4 is 18.9 Å². The Balaban J connectivity index is 1.58. The molecule has 0 amide bonds. The summed E-state index contributed by atoms with van der Waals surface area (Å²) in [7, 11) is 1.52. The third-order valence-corrected chi connectivity index (χ3v) is 11.0. The van der Waals surface area contributed by atoms with Crippen molar-refractivity contribution in [2.24, 2.45) is 0 Å². The van der Waals surface area contributed by atoms with Crippen LogP contribution in [-0.4, -0.2) is 83.6 Å². The van der Waals surface area contributed by atoms with Gasteiger partial charge in [-0.2, -0.15) is 5.26 Å². The molecule has 6 atom stereocenters. The average molecular weight is 636 g/mol. The van der Waals surface area contributed by atoms with Gasteiger partial charge in [0.25, 0.3) is 0 Å². The molecule has 2 aromatic rings. The van der Waals surface area contributed by atoms with Crippen molar-refractivity contribution in [2.45, 2.75) is 69.6 Å². The highest BCUT2D eigenvalue weighted by atomic mass is 32.2. The van der Waals surface area contributed by atoms with E-state index in [9.17, 15) is 24.8 Å². The summed E-state index contributed by atoms with van der Waals surface area (Å²) in [5, 5.41) is 22.1. The first-order valence-electron chi connectivity index (χ1n) is 14.9. The van der Waals surface area contributed by atoms with E-state index in [-0.39, 0.29) is 30.9 Å². The summed E-state index contributed by atoms with van der Waals surface area (Å²) < 4.78 is 29.1. The van der Waals surface area contributed by atoms with Crippen LogP contribution in [-0.2, 0) is 25.5 Å². The number of ketones is 1. The molecule has 0 radical (unpaired) electrons. The van der Waals surface area contributed by atoms with Crippen molar-refractivity contribution < 1.29 is 43.2 Å². The number of cyclic esters (lactones) is 1. The standard InChI is InChI=1S/C32H33N3O9S/c1-6-34-17-8-16-7-13(2)27(40-5)26(38)21(16)24(34)25-31-23-22(30-29(42-12-43-30)14(3)28(23)44-15(4)36)19(35(25)18(17)9-33)10-41-32(39)20(37)11-45-31/h7,17-19,24-25,31,38H,6,8,10-12H2,1-5H3/t17-,18-,19-,24-,25+,31+/m0/s1. The van der Waals surface area contributed by atoms with Crippen molar-refractivity contribution in [1.82, 2.24) is 9.80 Å². The van der Waals surface area contributed by atoms with Crippen LogP contribution in [0.5, 0.6) is 28.7 Å². The summed E-state index contributed by atoms with van der Waals surface area (Å²) >= 11 is 1.23. The number of phenols is 1. The third kappa shape index (κ3) is 4.15. The molecule has 0 saturated carbocycles. The molecule has 2 fully saturated rings. The van der Waals surface area contributed by atoms with Crippen molar-refractivity contribution in [3.05, 3.63) is 39.4 Å². The molecule has 236 valence electrons. The van der Waals surface area contributed by atoms with Crippen molar-refractivity contribution >= 4 is 29.5 Å². The van der Waals surface area contributed by atoms with Crippen LogP contribution in [0.1, 0.15) is 64.6 Å². The number of fused-ring (bicyclic) bond motifs is 9. The fourth-order valence-electron chi connectivity index (χ4n) is 8.18. The van der Waals surface area contributed by atoms with Gasteiger partial charge >= 0.3 is 11.9 Å². The fourth-order valence-corrected chi connectivity index (χ4v) is 9.51. The summed E-state index contributed by atoms with van der Waals surface area (Å²) in [5.41, 5.74) is 4.21. The molecule has 1 N–H and O–H groups in total. The van der Waals surface area contributed by atoms with Crippen LogP contribution in [0, 0.1) is 25.2 Å². The van der Waals surface area contributed by atoms with Gasteiger partial charge < -0.3 is 28.8 Å². The van der Waals surface area contributed by atoms with Crippen molar-refractivity contribution in [3.8, 4) is 34.8 Å². The van der Waals surface area contributed by atoms with Crippen LogP contribution in [0.2, 0.25) is 0 Å². The maximum Gasteiger partial charge on any atom is 0.375 e. The highest BCUT2D eigenvalue weighted by Gasteiger charge is 2.61. The van der Waals surface area contributed by atoms with Crippen molar-refractivity contribution in [3.63, 3.8) is 0 Å². The Bertz CT molecular complexity index is 1700. The lowest BCUT2D eigenvalue weighted by molar-refractivity contribution is -0.157. The van der Waals surface area contributed by atoms with E-state index in [0.29, 0.717) is 58.2 Å². The van der Waals surface area contributed by atoms with Gasteiger partial charge in [-0.3, -0.25) is 19.4 Å². The van der Waals surface area contributed by atoms with E-state index in [0.717, 1.165) is 11.1 Å². The summed E-state index contributed by atoms with van der Waals surface area (Å²) in [5.74, 6) is -0.814. The Morgan fingerprint density at radius 3 is 2.60 bits per heavy atom. The zero-order chi connectivity index (χ0) is 31.9. The molecule has 12 nitrogen and oxygen atoms in total. The van der Waals surface area contributed by atoms with E-state index in [2.05, 4.69) is 15.9 Å². The Labute approximate surface area is 264 Å². The molecule has 0 unspecified atom stereocenters. The highest BCUT2D eigenvalue weighted by Crippen LogP contribution is 2.64. The number of esters is 2. The molecule has 13 heteroatoms. The lowest BCUT2D eigenvalue weighted by Gasteiger charge is -2.62. The molecule has 5 aliphatic heterocycles. The molecule has 7 rings (SSSR count). The fraction of sp³-hybridized carbons (Fsp3) is 0.500. The Morgan fingerprint density at radius 1 is 1.16 bits per heavy atom. The molecular weight excluding hydrogens is 602 g/mol. The average Bonchev–Trinajstić information content (AvgIpc) is 3.50. The SMILES string of the molecule is CCN1[C@H]2Cc3cc(C)c(OC)c(O)c3[C@H]1[C@@H]1[C@@H]3SCC(=O)C(=O)OC[C@@H](c4c5c(c(C)c(OC(C)=O)c43)OCO5)N1[C@H]2C#N. The first-order chi connectivity index (χ1) is 21.6. The molecule has 0 aromatic heterocycles. The van der Waals surface area contributed by atoms with E-state index >= 15 is 0 Å². The quantitative estimate of drug-likeness (QED) is 0.299. The second kappa shape index (κ2) is 10.8.